The van der Waals surface area contributed by atoms with E-state index < -0.39 is 0 Å². The smallest absolute Gasteiger partial charge is 0.221 e. The van der Waals surface area contributed by atoms with Crippen LogP contribution in [0.3, 0.4) is 0 Å². The molecule has 1 aliphatic rings. The number of carbonyl (C=O) groups is 1. The number of hydrogen-bond acceptors (Lipinski definition) is 3. The minimum absolute atomic E-state index is 0.0117. The second-order valence-corrected chi connectivity index (χ2v) is 6.38. The number of nitrogens with two attached hydrogens (primary N) is 1. The fourth-order valence-electron chi connectivity index (χ4n) is 3.05. The van der Waals surface area contributed by atoms with Gasteiger partial charge in [-0.2, -0.15) is 0 Å². The summed E-state index contributed by atoms with van der Waals surface area (Å²) in [6.45, 7) is 4.01. The summed E-state index contributed by atoms with van der Waals surface area (Å²) >= 11 is 0. The average molecular weight is 349 g/mol. The molecule has 0 aliphatic carbocycles. The highest BCUT2D eigenvalue weighted by molar-refractivity contribution is 5.79. The number of halogens is 1. The van der Waals surface area contributed by atoms with Gasteiger partial charge in [-0.25, -0.2) is 4.39 Å². The second-order valence-electron chi connectivity index (χ2n) is 6.38. The molecule has 0 bridgehead atoms. The number of guanidine groups is 1. The van der Waals surface area contributed by atoms with E-state index in [4.69, 9.17) is 5.73 Å². The normalized spacial score (nSPS) is 18.8. The molecule has 1 aliphatic heterocycles. The van der Waals surface area contributed by atoms with Gasteiger partial charge in [0.2, 0.25) is 5.91 Å². The number of piperidine rings is 1. The maximum Gasteiger partial charge on any atom is 0.221 e. The molecule has 1 fully saturated rings. The van der Waals surface area contributed by atoms with Crippen molar-refractivity contribution in [3.63, 3.8) is 0 Å². The Balaban J connectivity index is 1.65. The van der Waals surface area contributed by atoms with Crippen molar-refractivity contribution < 1.29 is 9.18 Å². The first-order valence-corrected chi connectivity index (χ1v) is 8.79. The number of amides is 1. The lowest BCUT2D eigenvalue weighted by molar-refractivity contribution is -0.123. The first-order valence-electron chi connectivity index (χ1n) is 8.79. The van der Waals surface area contributed by atoms with Gasteiger partial charge < -0.3 is 21.3 Å². The number of nitrogens with zero attached hydrogens (tertiary/aromatic N) is 2. The SMILES string of the molecule is CN=C(NCCCN1CCCC(C(N)=O)C1)NCc1cccc(F)c1. The van der Waals surface area contributed by atoms with Crippen LogP contribution in [0, 0.1) is 11.7 Å². The Morgan fingerprint density at radius 2 is 2.28 bits per heavy atom. The Morgan fingerprint density at radius 3 is 3.00 bits per heavy atom. The molecule has 4 N–H and O–H groups in total. The van der Waals surface area contributed by atoms with Gasteiger partial charge in [0.05, 0.1) is 5.92 Å². The van der Waals surface area contributed by atoms with Crippen molar-refractivity contribution in [3.8, 4) is 0 Å². The van der Waals surface area contributed by atoms with E-state index in [-0.39, 0.29) is 17.6 Å². The van der Waals surface area contributed by atoms with E-state index in [2.05, 4.69) is 20.5 Å². The third kappa shape index (κ3) is 6.70. The number of rotatable bonds is 7. The van der Waals surface area contributed by atoms with Gasteiger partial charge in [0.25, 0.3) is 0 Å². The number of hydrogen-bond donors (Lipinski definition) is 3. The molecule has 25 heavy (non-hydrogen) atoms. The lowest BCUT2D eigenvalue weighted by Crippen LogP contribution is -2.42. The van der Waals surface area contributed by atoms with E-state index >= 15 is 0 Å². The van der Waals surface area contributed by atoms with Crippen molar-refractivity contribution in [2.24, 2.45) is 16.6 Å². The molecule has 2 rings (SSSR count). The second kappa shape index (κ2) is 9.98. The van der Waals surface area contributed by atoms with Crippen LogP contribution in [0.2, 0.25) is 0 Å². The van der Waals surface area contributed by atoms with Gasteiger partial charge >= 0.3 is 0 Å². The van der Waals surface area contributed by atoms with Crippen LogP contribution in [0.1, 0.15) is 24.8 Å². The van der Waals surface area contributed by atoms with Crippen LogP contribution in [0.25, 0.3) is 0 Å². The summed E-state index contributed by atoms with van der Waals surface area (Å²) in [5.74, 6) is 0.253. The topological polar surface area (TPSA) is 82.8 Å². The maximum atomic E-state index is 13.2. The van der Waals surface area contributed by atoms with Crippen molar-refractivity contribution in [1.29, 1.82) is 0 Å². The van der Waals surface area contributed by atoms with Crippen LogP contribution in [-0.2, 0) is 11.3 Å². The van der Waals surface area contributed by atoms with Crippen LogP contribution >= 0.6 is 0 Å². The first kappa shape index (κ1) is 19.2. The Hall–Kier alpha value is -2.15. The first-order chi connectivity index (χ1) is 12.1. The average Bonchev–Trinajstić information content (AvgIpc) is 2.61. The molecule has 1 saturated heterocycles. The molecule has 1 heterocycles. The molecule has 1 aromatic rings. The summed E-state index contributed by atoms with van der Waals surface area (Å²) in [6.07, 6.45) is 2.88. The van der Waals surface area contributed by atoms with Gasteiger partial charge in [-0.1, -0.05) is 12.1 Å². The van der Waals surface area contributed by atoms with E-state index in [0.29, 0.717) is 12.5 Å². The van der Waals surface area contributed by atoms with Crippen LogP contribution in [0.15, 0.2) is 29.3 Å². The number of primary amides is 1. The van der Waals surface area contributed by atoms with Gasteiger partial charge in [0.15, 0.2) is 5.96 Å². The Bertz CT molecular complexity index is 593. The van der Waals surface area contributed by atoms with E-state index in [0.717, 1.165) is 51.0 Å². The van der Waals surface area contributed by atoms with Crippen molar-refractivity contribution in [1.82, 2.24) is 15.5 Å². The summed E-state index contributed by atoms with van der Waals surface area (Å²) in [5, 5.41) is 6.43. The fraction of sp³-hybridized carbons (Fsp3) is 0.556. The van der Waals surface area contributed by atoms with E-state index in [1.165, 1.54) is 12.1 Å². The molecular formula is C18H28FN5O. The lowest BCUT2D eigenvalue weighted by Gasteiger charge is -2.31. The number of aliphatic imine (C=N–C) groups is 1. The van der Waals surface area contributed by atoms with Gasteiger partial charge in [0.1, 0.15) is 5.82 Å². The quantitative estimate of drug-likeness (QED) is 0.391. The maximum absolute atomic E-state index is 13.2. The highest BCUT2D eigenvalue weighted by Crippen LogP contribution is 2.15. The summed E-state index contributed by atoms with van der Waals surface area (Å²) in [5.41, 5.74) is 6.28. The van der Waals surface area contributed by atoms with Crippen molar-refractivity contribution in [3.05, 3.63) is 35.6 Å². The standard InChI is InChI=1S/C18H28FN5O/c1-21-18(23-12-14-5-2-7-16(19)11-14)22-8-4-10-24-9-3-6-15(13-24)17(20)25/h2,5,7,11,15H,3-4,6,8-10,12-13H2,1H3,(H2,20,25)(H2,21,22,23). The molecule has 1 aromatic carbocycles. The van der Waals surface area contributed by atoms with Gasteiger partial charge in [-0.15, -0.1) is 0 Å². The van der Waals surface area contributed by atoms with Gasteiger partial charge in [-0.05, 0) is 50.0 Å². The number of nitrogens with one attached hydrogen (secondary N) is 2. The molecule has 1 amide bonds. The molecule has 0 radical (unpaired) electrons. The zero-order chi connectivity index (χ0) is 18.1. The minimum Gasteiger partial charge on any atom is -0.369 e. The monoisotopic (exact) mass is 349 g/mol. The molecule has 1 unspecified atom stereocenters. The number of benzene rings is 1. The van der Waals surface area contributed by atoms with Crippen LogP contribution in [0.4, 0.5) is 4.39 Å². The summed E-state index contributed by atoms with van der Waals surface area (Å²) in [4.78, 5) is 17.8. The van der Waals surface area contributed by atoms with Crippen molar-refractivity contribution in [2.45, 2.75) is 25.8 Å². The summed E-state index contributed by atoms with van der Waals surface area (Å²) < 4.78 is 13.2. The molecule has 7 heteroatoms. The van der Waals surface area contributed by atoms with Crippen LogP contribution < -0.4 is 16.4 Å². The number of likely N-dealkylation sites (tertiary alicyclic amines) is 1. The highest BCUT2D eigenvalue weighted by atomic mass is 19.1. The molecule has 0 aromatic heterocycles. The molecule has 0 spiro atoms. The van der Waals surface area contributed by atoms with Crippen LogP contribution in [-0.4, -0.2) is 50.0 Å². The largest absolute Gasteiger partial charge is 0.369 e. The number of carbonyl (C=O) groups excluding carboxylic acids is 1. The molecular weight excluding hydrogens is 321 g/mol. The zero-order valence-corrected chi connectivity index (χ0v) is 14.8. The van der Waals surface area contributed by atoms with Gasteiger partial charge in [-0.3, -0.25) is 9.79 Å². The van der Waals surface area contributed by atoms with Crippen molar-refractivity contribution in [2.75, 3.05) is 33.2 Å². The highest BCUT2D eigenvalue weighted by Gasteiger charge is 2.23. The predicted octanol–water partition coefficient (Wildman–Crippen LogP) is 1.08. The molecule has 1 atom stereocenters. The van der Waals surface area contributed by atoms with E-state index in [1.54, 1.807) is 13.1 Å². The minimum atomic E-state index is -0.238. The Labute approximate surface area is 148 Å². The van der Waals surface area contributed by atoms with Crippen LogP contribution in [0.5, 0.6) is 0 Å². The summed E-state index contributed by atoms with van der Waals surface area (Å²) in [6, 6.07) is 6.50. The zero-order valence-electron chi connectivity index (χ0n) is 14.8. The van der Waals surface area contributed by atoms with Crippen molar-refractivity contribution >= 4 is 11.9 Å². The Morgan fingerprint density at radius 1 is 1.44 bits per heavy atom. The molecule has 6 nitrogen and oxygen atoms in total. The van der Waals surface area contributed by atoms with E-state index in [9.17, 15) is 9.18 Å². The van der Waals surface area contributed by atoms with E-state index in [1.807, 2.05) is 6.07 Å². The molecule has 0 saturated carbocycles. The predicted molar refractivity (Wildman–Crippen MR) is 97.6 cm³/mol. The third-order valence-electron chi connectivity index (χ3n) is 4.42. The Kier molecular flexibility index (Phi) is 7.66. The van der Waals surface area contributed by atoms with Gasteiger partial charge in [0, 0.05) is 26.7 Å². The summed E-state index contributed by atoms with van der Waals surface area (Å²) in [7, 11) is 1.71. The molecule has 138 valence electrons. The lowest BCUT2D eigenvalue weighted by atomic mass is 9.97. The third-order valence-corrected chi connectivity index (χ3v) is 4.42. The fourth-order valence-corrected chi connectivity index (χ4v) is 3.05.